The van der Waals surface area contributed by atoms with Crippen LogP contribution in [0, 0.1) is 10.1 Å². The molecule has 0 heterocycles. The highest BCUT2D eigenvalue weighted by Crippen LogP contribution is 2.30. The van der Waals surface area contributed by atoms with Crippen molar-refractivity contribution in [3.05, 3.63) is 28.3 Å². The Labute approximate surface area is 142 Å². The third kappa shape index (κ3) is 4.89. The minimum Gasteiger partial charge on any atom is -0.377 e. The Balaban J connectivity index is 2.19. The van der Waals surface area contributed by atoms with E-state index in [0.29, 0.717) is 12.2 Å². The molecule has 8 nitrogen and oxygen atoms in total. The van der Waals surface area contributed by atoms with E-state index in [1.54, 1.807) is 0 Å². The molecule has 2 rings (SSSR count). The van der Waals surface area contributed by atoms with Crippen LogP contribution in [0.2, 0.25) is 0 Å². The standard InChI is InChI=1S/C15H24N4O4S/c1-18(2)10-9-16-24(22,23)13-7-8-14(15(11-13)19(20)21)17-12-5-3-4-6-12/h7-8,11-12,16-17H,3-6,9-10H2,1-2H3/p+1. The predicted molar refractivity (Wildman–Crippen MR) is 91.8 cm³/mol. The molecule has 1 aromatic carbocycles. The van der Waals surface area contributed by atoms with Crippen LogP contribution in [0.1, 0.15) is 25.7 Å². The van der Waals surface area contributed by atoms with Crippen LogP contribution in [0.4, 0.5) is 11.4 Å². The van der Waals surface area contributed by atoms with E-state index < -0.39 is 14.9 Å². The first-order chi connectivity index (χ1) is 11.3. The van der Waals surface area contributed by atoms with Crippen LogP contribution in [0.15, 0.2) is 23.1 Å². The van der Waals surface area contributed by atoms with Crippen LogP contribution in [0.25, 0.3) is 0 Å². The van der Waals surface area contributed by atoms with Crippen LogP contribution in [-0.2, 0) is 10.0 Å². The minimum atomic E-state index is -3.75. The van der Waals surface area contributed by atoms with E-state index in [4.69, 9.17) is 0 Å². The summed E-state index contributed by atoms with van der Waals surface area (Å²) in [7, 11) is 0.0870. The van der Waals surface area contributed by atoms with E-state index in [-0.39, 0.29) is 23.2 Å². The number of sulfonamides is 1. The van der Waals surface area contributed by atoms with E-state index >= 15 is 0 Å². The molecule has 1 aliphatic rings. The van der Waals surface area contributed by atoms with Crippen LogP contribution in [0.5, 0.6) is 0 Å². The van der Waals surface area contributed by atoms with E-state index in [0.717, 1.165) is 36.6 Å². The van der Waals surface area contributed by atoms with Gasteiger partial charge in [-0.05, 0) is 25.0 Å². The average Bonchev–Trinajstić information content (AvgIpc) is 2.99. The van der Waals surface area contributed by atoms with E-state index in [2.05, 4.69) is 10.0 Å². The third-order valence-corrected chi connectivity index (χ3v) is 5.57. The molecule has 24 heavy (non-hydrogen) atoms. The van der Waals surface area contributed by atoms with Gasteiger partial charge in [0.2, 0.25) is 10.0 Å². The molecule has 0 aliphatic heterocycles. The van der Waals surface area contributed by atoms with Crippen molar-refractivity contribution < 1.29 is 18.2 Å². The quantitative estimate of drug-likeness (QED) is 0.460. The molecule has 1 aliphatic carbocycles. The first-order valence-electron chi connectivity index (χ1n) is 8.13. The van der Waals surface area contributed by atoms with Gasteiger partial charge in [-0.25, -0.2) is 13.1 Å². The van der Waals surface area contributed by atoms with Crippen LogP contribution in [0.3, 0.4) is 0 Å². The summed E-state index contributed by atoms with van der Waals surface area (Å²) in [6, 6.07) is 4.24. The maximum atomic E-state index is 12.3. The summed E-state index contributed by atoms with van der Waals surface area (Å²) in [5.74, 6) is 0. The maximum absolute atomic E-state index is 12.3. The lowest BCUT2D eigenvalue weighted by Gasteiger charge is -2.14. The number of anilines is 1. The molecule has 0 saturated heterocycles. The smallest absolute Gasteiger partial charge is 0.293 e. The minimum absolute atomic E-state index is 0.0834. The first-order valence-corrected chi connectivity index (χ1v) is 9.61. The lowest BCUT2D eigenvalue weighted by atomic mass is 10.2. The summed E-state index contributed by atoms with van der Waals surface area (Å²) in [6.45, 7) is 0.906. The molecule has 0 bridgehead atoms. The van der Waals surface area contributed by atoms with E-state index in [9.17, 15) is 18.5 Å². The highest BCUT2D eigenvalue weighted by atomic mass is 32.2. The van der Waals surface area contributed by atoms with Gasteiger partial charge in [0.1, 0.15) is 5.69 Å². The summed E-state index contributed by atoms with van der Waals surface area (Å²) < 4.78 is 27.0. The number of hydrogen-bond donors (Lipinski definition) is 3. The normalized spacial score (nSPS) is 15.8. The van der Waals surface area contributed by atoms with Crippen LogP contribution >= 0.6 is 0 Å². The van der Waals surface area contributed by atoms with Gasteiger partial charge in [-0.2, -0.15) is 0 Å². The molecule has 0 unspecified atom stereocenters. The molecule has 0 atom stereocenters. The van der Waals surface area contributed by atoms with Gasteiger partial charge < -0.3 is 10.2 Å². The van der Waals surface area contributed by atoms with Gasteiger partial charge in [0.15, 0.2) is 0 Å². The van der Waals surface area contributed by atoms with Gasteiger partial charge in [0.25, 0.3) is 5.69 Å². The zero-order valence-corrected chi connectivity index (χ0v) is 14.9. The predicted octanol–water partition coefficient (Wildman–Crippen LogP) is 0.372. The monoisotopic (exact) mass is 357 g/mol. The highest BCUT2D eigenvalue weighted by molar-refractivity contribution is 7.89. The number of benzene rings is 1. The Kier molecular flexibility index (Phi) is 6.14. The largest absolute Gasteiger partial charge is 0.377 e. The van der Waals surface area contributed by atoms with Crippen molar-refractivity contribution in [3.8, 4) is 0 Å². The van der Waals surface area contributed by atoms with Crippen molar-refractivity contribution in [1.82, 2.24) is 4.72 Å². The second-order valence-electron chi connectivity index (χ2n) is 6.42. The second kappa shape index (κ2) is 7.91. The van der Waals surface area contributed by atoms with E-state index in [1.165, 1.54) is 12.1 Å². The fourth-order valence-electron chi connectivity index (χ4n) is 2.76. The topological polar surface area (TPSA) is 106 Å². The number of nitrogens with zero attached hydrogens (tertiary/aromatic N) is 1. The van der Waals surface area contributed by atoms with Crippen LogP contribution in [-0.4, -0.2) is 46.6 Å². The number of hydrogen-bond acceptors (Lipinski definition) is 5. The fourth-order valence-corrected chi connectivity index (χ4v) is 3.81. The van der Waals surface area contributed by atoms with Crippen molar-refractivity contribution >= 4 is 21.4 Å². The Bertz CT molecular complexity index is 685. The van der Waals surface area contributed by atoms with Gasteiger partial charge in [-0.3, -0.25) is 10.1 Å². The van der Waals surface area contributed by atoms with Crippen molar-refractivity contribution in [2.24, 2.45) is 0 Å². The molecule has 0 radical (unpaired) electrons. The average molecular weight is 357 g/mol. The summed E-state index contributed by atoms with van der Waals surface area (Å²) in [5, 5.41) is 14.5. The molecule has 9 heteroatoms. The van der Waals surface area contributed by atoms with Gasteiger partial charge in [0, 0.05) is 12.1 Å². The van der Waals surface area contributed by atoms with Gasteiger partial charge in [0.05, 0.1) is 37.0 Å². The maximum Gasteiger partial charge on any atom is 0.293 e. The molecule has 1 saturated carbocycles. The fraction of sp³-hybridized carbons (Fsp3) is 0.600. The number of quaternary nitrogens is 1. The number of nitro groups is 1. The summed E-state index contributed by atoms with van der Waals surface area (Å²) in [5.41, 5.74) is 0.173. The summed E-state index contributed by atoms with van der Waals surface area (Å²) >= 11 is 0. The Hall–Kier alpha value is -1.71. The number of likely N-dealkylation sites (N-methyl/N-ethyl adjacent to an activating group) is 1. The SMILES string of the molecule is C[NH+](C)CCNS(=O)(=O)c1ccc(NC2CCCC2)c([N+](=O)[O-])c1. The Morgan fingerprint density at radius 1 is 1.29 bits per heavy atom. The van der Waals surface area contributed by atoms with Crippen LogP contribution < -0.4 is 14.9 Å². The Morgan fingerprint density at radius 2 is 1.96 bits per heavy atom. The molecule has 0 amide bonds. The first kappa shape index (κ1) is 18.6. The van der Waals surface area contributed by atoms with Crippen molar-refractivity contribution in [2.75, 3.05) is 32.5 Å². The number of nitro benzene ring substituents is 1. The highest BCUT2D eigenvalue weighted by Gasteiger charge is 2.24. The van der Waals surface area contributed by atoms with Gasteiger partial charge in [-0.15, -0.1) is 0 Å². The summed E-state index contributed by atoms with van der Waals surface area (Å²) in [6.07, 6.45) is 4.17. The molecule has 0 spiro atoms. The molecule has 0 aromatic heterocycles. The zero-order chi connectivity index (χ0) is 17.7. The van der Waals surface area contributed by atoms with E-state index in [1.807, 2.05) is 14.1 Å². The molecule has 1 aromatic rings. The lowest BCUT2D eigenvalue weighted by molar-refractivity contribution is -0.856. The third-order valence-electron chi connectivity index (χ3n) is 4.11. The van der Waals surface area contributed by atoms with Gasteiger partial charge >= 0.3 is 0 Å². The molecule has 1 fully saturated rings. The molecule has 134 valence electrons. The van der Waals surface area contributed by atoms with Crippen molar-refractivity contribution in [3.63, 3.8) is 0 Å². The molecular formula is C15H25N4O4S+. The van der Waals surface area contributed by atoms with Crippen molar-refractivity contribution in [2.45, 2.75) is 36.6 Å². The molecule has 3 N–H and O–H groups in total. The number of rotatable bonds is 8. The number of nitrogens with one attached hydrogen (secondary N) is 3. The Morgan fingerprint density at radius 3 is 2.54 bits per heavy atom. The van der Waals surface area contributed by atoms with Gasteiger partial charge in [-0.1, -0.05) is 12.8 Å². The molecular weight excluding hydrogens is 332 g/mol. The zero-order valence-electron chi connectivity index (χ0n) is 14.0. The lowest BCUT2D eigenvalue weighted by Crippen LogP contribution is -3.06. The second-order valence-corrected chi connectivity index (χ2v) is 8.18. The summed E-state index contributed by atoms with van der Waals surface area (Å²) in [4.78, 5) is 11.8. The van der Waals surface area contributed by atoms with Crippen molar-refractivity contribution in [1.29, 1.82) is 0 Å².